The molecule has 0 spiro atoms. The predicted octanol–water partition coefficient (Wildman–Crippen LogP) is 4.01. The highest BCUT2D eigenvalue weighted by molar-refractivity contribution is 6.30. The molecule has 0 amide bonds. The Kier molecular flexibility index (Phi) is 4.03. The Hall–Kier alpha value is -2.99. The first-order chi connectivity index (χ1) is 12.2. The Morgan fingerprint density at radius 2 is 1.88 bits per heavy atom. The summed E-state index contributed by atoms with van der Waals surface area (Å²) in [4.78, 5) is 5.75. The van der Waals surface area contributed by atoms with E-state index in [1.54, 1.807) is 6.20 Å². The molecule has 6 nitrogen and oxygen atoms in total. The van der Waals surface area contributed by atoms with Crippen molar-refractivity contribution in [1.82, 2.24) is 25.2 Å². The second kappa shape index (κ2) is 6.49. The quantitative estimate of drug-likeness (QED) is 0.555. The zero-order chi connectivity index (χ0) is 17.2. The van der Waals surface area contributed by atoms with Crippen molar-refractivity contribution < 1.29 is 4.42 Å². The number of oxazole rings is 1. The van der Waals surface area contributed by atoms with E-state index in [0.717, 1.165) is 16.7 Å². The fraction of sp³-hybridized carbons (Fsp3) is 0.111. The molecule has 7 heteroatoms. The first-order valence-corrected chi connectivity index (χ1v) is 8.11. The summed E-state index contributed by atoms with van der Waals surface area (Å²) in [6.07, 6.45) is 1.68. The van der Waals surface area contributed by atoms with Crippen molar-refractivity contribution in [2.45, 2.75) is 13.5 Å². The van der Waals surface area contributed by atoms with E-state index in [-0.39, 0.29) is 0 Å². The van der Waals surface area contributed by atoms with Gasteiger partial charge in [-0.25, -0.2) is 4.98 Å². The molecule has 2 aromatic carbocycles. The molecule has 0 saturated carbocycles. The SMILES string of the molecule is Cc1ccccc1-c1nnn(Cc2ncc(-c3ccc(Cl)cc3)o2)n1. The van der Waals surface area contributed by atoms with Crippen LogP contribution in [0.15, 0.2) is 59.1 Å². The normalized spacial score (nSPS) is 11.0. The average molecular weight is 352 g/mol. The summed E-state index contributed by atoms with van der Waals surface area (Å²) < 4.78 is 5.77. The Balaban J connectivity index is 1.54. The van der Waals surface area contributed by atoms with Crippen LogP contribution in [0.3, 0.4) is 0 Å². The van der Waals surface area contributed by atoms with Crippen LogP contribution in [0.4, 0.5) is 0 Å². The highest BCUT2D eigenvalue weighted by Crippen LogP contribution is 2.23. The van der Waals surface area contributed by atoms with Crippen LogP contribution in [0.2, 0.25) is 5.02 Å². The van der Waals surface area contributed by atoms with Crippen LogP contribution in [0.1, 0.15) is 11.5 Å². The Morgan fingerprint density at radius 3 is 2.68 bits per heavy atom. The van der Waals surface area contributed by atoms with E-state index < -0.39 is 0 Å². The molecule has 0 aliphatic heterocycles. The van der Waals surface area contributed by atoms with Gasteiger partial charge in [-0.2, -0.15) is 4.80 Å². The van der Waals surface area contributed by atoms with Crippen LogP contribution in [-0.4, -0.2) is 25.2 Å². The molecule has 124 valence electrons. The van der Waals surface area contributed by atoms with Gasteiger partial charge in [0.15, 0.2) is 5.76 Å². The summed E-state index contributed by atoms with van der Waals surface area (Å²) in [5.74, 6) is 1.77. The van der Waals surface area contributed by atoms with Gasteiger partial charge in [-0.3, -0.25) is 0 Å². The number of nitrogens with zero attached hydrogens (tertiary/aromatic N) is 5. The lowest BCUT2D eigenvalue weighted by atomic mass is 10.1. The van der Waals surface area contributed by atoms with Crippen LogP contribution in [-0.2, 0) is 6.54 Å². The fourth-order valence-electron chi connectivity index (χ4n) is 2.49. The van der Waals surface area contributed by atoms with Crippen molar-refractivity contribution in [3.05, 3.63) is 71.2 Å². The van der Waals surface area contributed by atoms with Crippen molar-refractivity contribution in [2.75, 3.05) is 0 Å². The van der Waals surface area contributed by atoms with Gasteiger partial charge in [-0.1, -0.05) is 35.9 Å². The van der Waals surface area contributed by atoms with Gasteiger partial charge in [0.2, 0.25) is 11.7 Å². The Bertz CT molecular complexity index is 1010. The molecule has 0 unspecified atom stereocenters. The zero-order valence-corrected chi connectivity index (χ0v) is 14.2. The van der Waals surface area contributed by atoms with Gasteiger partial charge in [0.1, 0.15) is 6.54 Å². The molecule has 0 aliphatic rings. The predicted molar refractivity (Wildman–Crippen MR) is 94.0 cm³/mol. The third-order valence-electron chi connectivity index (χ3n) is 3.80. The maximum atomic E-state index is 5.90. The van der Waals surface area contributed by atoms with E-state index in [4.69, 9.17) is 16.0 Å². The minimum atomic E-state index is 0.312. The molecule has 4 rings (SSSR count). The number of aryl methyl sites for hydroxylation is 1. The van der Waals surface area contributed by atoms with Crippen LogP contribution >= 0.6 is 11.6 Å². The van der Waals surface area contributed by atoms with Crippen LogP contribution in [0.25, 0.3) is 22.7 Å². The van der Waals surface area contributed by atoms with Crippen molar-refractivity contribution in [3.8, 4) is 22.7 Å². The van der Waals surface area contributed by atoms with Gasteiger partial charge >= 0.3 is 0 Å². The minimum Gasteiger partial charge on any atom is -0.439 e. The zero-order valence-electron chi connectivity index (χ0n) is 13.4. The van der Waals surface area contributed by atoms with Gasteiger partial charge in [-0.05, 0) is 42.0 Å². The molecular formula is C18H14ClN5O. The molecular weight excluding hydrogens is 338 g/mol. The molecule has 25 heavy (non-hydrogen) atoms. The summed E-state index contributed by atoms with van der Waals surface area (Å²) in [5.41, 5.74) is 2.97. The molecule has 4 aromatic rings. The largest absolute Gasteiger partial charge is 0.439 e. The first-order valence-electron chi connectivity index (χ1n) is 7.73. The third-order valence-corrected chi connectivity index (χ3v) is 4.05. The molecule has 0 saturated heterocycles. The summed E-state index contributed by atoms with van der Waals surface area (Å²) in [6.45, 7) is 2.33. The summed E-state index contributed by atoms with van der Waals surface area (Å²) in [7, 11) is 0. The topological polar surface area (TPSA) is 69.6 Å². The van der Waals surface area contributed by atoms with Gasteiger partial charge in [-0.15, -0.1) is 10.2 Å². The van der Waals surface area contributed by atoms with Gasteiger partial charge < -0.3 is 4.42 Å². The molecule has 2 aromatic heterocycles. The summed E-state index contributed by atoms with van der Waals surface area (Å²) in [6, 6.07) is 15.3. The second-order valence-corrected chi connectivity index (χ2v) is 6.02. The van der Waals surface area contributed by atoms with E-state index >= 15 is 0 Å². The Labute approximate surface area is 149 Å². The van der Waals surface area contributed by atoms with E-state index in [0.29, 0.717) is 29.0 Å². The first kappa shape index (κ1) is 15.5. The molecule has 0 aliphatic carbocycles. The minimum absolute atomic E-state index is 0.312. The number of aromatic nitrogens is 5. The van der Waals surface area contributed by atoms with Gasteiger partial charge in [0.25, 0.3) is 0 Å². The van der Waals surface area contributed by atoms with Crippen molar-refractivity contribution in [1.29, 1.82) is 0 Å². The molecule has 0 N–H and O–H groups in total. The molecule has 0 bridgehead atoms. The van der Waals surface area contributed by atoms with Crippen molar-refractivity contribution in [3.63, 3.8) is 0 Å². The van der Waals surface area contributed by atoms with E-state index in [1.807, 2.05) is 55.5 Å². The van der Waals surface area contributed by atoms with E-state index in [2.05, 4.69) is 20.4 Å². The third kappa shape index (κ3) is 3.29. The number of hydrogen-bond acceptors (Lipinski definition) is 5. The number of rotatable bonds is 4. The standard InChI is InChI=1S/C18H14ClN5O/c1-12-4-2-3-5-15(12)18-21-23-24(22-18)11-17-20-10-16(25-17)13-6-8-14(19)9-7-13/h2-10H,11H2,1H3. The van der Waals surface area contributed by atoms with Crippen molar-refractivity contribution >= 4 is 11.6 Å². The average Bonchev–Trinajstić information content (AvgIpc) is 3.26. The van der Waals surface area contributed by atoms with Crippen LogP contribution < -0.4 is 0 Å². The summed E-state index contributed by atoms with van der Waals surface area (Å²) >= 11 is 5.90. The maximum absolute atomic E-state index is 5.90. The highest BCUT2D eigenvalue weighted by atomic mass is 35.5. The highest BCUT2D eigenvalue weighted by Gasteiger charge is 2.11. The van der Waals surface area contributed by atoms with Gasteiger partial charge in [0, 0.05) is 16.1 Å². The smallest absolute Gasteiger partial charge is 0.218 e. The van der Waals surface area contributed by atoms with E-state index in [9.17, 15) is 0 Å². The Morgan fingerprint density at radius 1 is 1.08 bits per heavy atom. The monoisotopic (exact) mass is 351 g/mol. The number of halogens is 1. The number of tetrazole rings is 1. The maximum Gasteiger partial charge on any atom is 0.218 e. The number of hydrogen-bond donors (Lipinski definition) is 0. The lowest BCUT2D eigenvalue weighted by molar-refractivity contribution is 0.446. The molecule has 2 heterocycles. The number of benzene rings is 2. The fourth-order valence-corrected chi connectivity index (χ4v) is 2.62. The van der Waals surface area contributed by atoms with Gasteiger partial charge in [0.05, 0.1) is 6.20 Å². The van der Waals surface area contributed by atoms with Crippen LogP contribution in [0, 0.1) is 6.92 Å². The summed E-state index contributed by atoms with van der Waals surface area (Å²) in [5, 5.41) is 13.3. The van der Waals surface area contributed by atoms with Crippen molar-refractivity contribution in [2.24, 2.45) is 0 Å². The lowest BCUT2D eigenvalue weighted by Crippen LogP contribution is -2.04. The molecule has 0 atom stereocenters. The second-order valence-electron chi connectivity index (χ2n) is 5.58. The molecule has 0 radical (unpaired) electrons. The van der Waals surface area contributed by atoms with Crippen LogP contribution in [0.5, 0.6) is 0 Å². The lowest BCUT2D eigenvalue weighted by Gasteiger charge is -1.98. The molecule has 0 fully saturated rings. The van der Waals surface area contributed by atoms with E-state index in [1.165, 1.54) is 4.80 Å².